The number of carbonyl (C=O) groups is 1. The summed E-state index contributed by atoms with van der Waals surface area (Å²) in [4.78, 5) is 24.4. The third kappa shape index (κ3) is 6.27. The molecule has 2 aromatic carbocycles. The average molecular weight is 627 g/mol. The largest absolute Gasteiger partial charge is 0.507 e. The van der Waals surface area contributed by atoms with Gasteiger partial charge < -0.3 is 79.2 Å². The van der Waals surface area contributed by atoms with Gasteiger partial charge >= 0.3 is 0 Å². The Morgan fingerprint density at radius 1 is 0.955 bits per heavy atom. The molecule has 2 heterocycles. The molecule has 3 aromatic rings. The Hall–Kier alpha value is -4.04. The fourth-order valence-electron chi connectivity index (χ4n) is 4.40. The lowest BCUT2D eigenvalue weighted by Gasteiger charge is -2.39. The number of phenolic OH excluding ortho intramolecular Hbond substituents is 2. The smallest absolute Gasteiger partial charge is 0.239 e. The Morgan fingerprint density at radius 3 is 2.27 bits per heavy atom. The van der Waals surface area contributed by atoms with E-state index < -0.39 is 107 Å². The SMILES string of the molecule is COc1ccc(-c2oc3cc(OC(O)C(O)C(O)C(O)C=O)cc(O)c3c(=O)c2OC2OC(CO)C(O)C(O)C2O)cc1O. The van der Waals surface area contributed by atoms with Crippen LogP contribution in [0.15, 0.2) is 39.5 Å². The molecule has 17 heteroatoms. The van der Waals surface area contributed by atoms with E-state index in [4.69, 9.17) is 23.4 Å². The van der Waals surface area contributed by atoms with Crippen molar-refractivity contribution in [3.05, 3.63) is 40.6 Å². The number of ether oxygens (including phenoxy) is 4. The average Bonchev–Trinajstić information content (AvgIpc) is 3.00. The second-order valence-electron chi connectivity index (χ2n) is 9.72. The molecule has 0 amide bonds. The summed E-state index contributed by atoms with van der Waals surface area (Å²) in [5, 5.41) is 100. The van der Waals surface area contributed by atoms with E-state index >= 15 is 0 Å². The predicted octanol–water partition coefficient (Wildman–Crippen LogP) is -2.96. The van der Waals surface area contributed by atoms with E-state index in [1.807, 2.05) is 0 Å². The lowest BCUT2D eigenvalue weighted by atomic mass is 9.99. The van der Waals surface area contributed by atoms with Gasteiger partial charge in [-0.15, -0.1) is 0 Å². The molecule has 9 atom stereocenters. The first kappa shape index (κ1) is 32.9. The topological polar surface area (TPSA) is 286 Å². The van der Waals surface area contributed by atoms with Crippen LogP contribution in [0, 0.1) is 0 Å². The maximum absolute atomic E-state index is 13.7. The lowest BCUT2D eigenvalue weighted by molar-refractivity contribution is -0.277. The van der Waals surface area contributed by atoms with E-state index in [0.717, 1.165) is 18.2 Å². The van der Waals surface area contributed by atoms with Crippen molar-refractivity contribution >= 4 is 17.3 Å². The number of hydrogen-bond donors (Lipinski definition) is 10. The van der Waals surface area contributed by atoms with Gasteiger partial charge in [-0.1, -0.05) is 0 Å². The molecular formula is C27H30O17. The number of methoxy groups -OCH3 is 1. The molecule has 9 unspecified atom stereocenters. The van der Waals surface area contributed by atoms with Crippen molar-refractivity contribution in [1.82, 2.24) is 0 Å². The van der Waals surface area contributed by atoms with Crippen molar-refractivity contribution in [2.45, 2.75) is 55.3 Å². The van der Waals surface area contributed by atoms with Gasteiger partial charge in [0.05, 0.1) is 13.7 Å². The van der Waals surface area contributed by atoms with E-state index in [1.165, 1.54) is 19.2 Å². The molecule has 1 aliphatic rings. The molecule has 0 saturated carbocycles. The Labute approximate surface area is 246 Å². The van der Waals surface area contributed by atoms with E-state index in [9.17, 15) is 60.7 Å². The van der Waals surface area contributed by atoms with Crippen LogP contribution in [0.5, 0.6) is 28.7 Å². The summed E-state index contributed by atoms with van der Waals surface area (Å²) in [6.07, 6.45) is -17.5. The maximum atomic E-state index is 13.7. The van der Waals surface area contributed by atoms with Crippen LogP contribution in [0.2, 0.25) is 0 Å². The molecule has 240 valence electrons. The molecule has 1 fully saturated rings. The summed E-state index contributed by atoms with van der Waals surface area (Å²) in [7, 11) is 1.28. The monoisotopic (exact) mass is 626 g/mol. The Balaban J connectivity index is 1.83. The van der Waals surface area contributed by atoms with Crippen LogP contribution in [0.4, 0.5) is 0 Å². The summed E-state index contributed by atoms with van der Waals surface area (Å²) in [6, 6.07) is 5.56. The molecule has 0 aliphatic carbocycles. The second kappa shape index (κ2) is 13.3. The standard InChI is InChI=1S/C27H30O17/c1-40-14-3-2-9(4-11(14)30)24-25(44-27-23(38)21(36)19(34)16(8-29)43-27)20(35)17-12(31)5-10(6-15(17)42-24)41-26(39)22(37)18(33)13(32)7-28/h2-7,13,16,18-19,21-23,26-27,29-34,36-39H,8H2,1H3. The lowest BCUT2D eigenvalue weighted by Crippen LogP contribution is -2.60. The van der Waals surface area contributed by atoms with E-state index in [-0.39, 0.29) is 17.6 Å². The number of carbonyl (C=O) groups excluding carboxylic acids is 1. The maximum Gasteiger partial charge on any atom is 0.239 e. The van der Waals surface area contributed by atoms with Gasteiger partial charge in [-0.2, -0.15) is 0 Å². The van der Waals surface area contributed by atoms with Crippen molar-refractivity contribution in [2.75, 3.05) is 13.7 Å². The molecule has 17 nitrogen and oxygen atoms in total. The third-order valence-corrected chi connectivity index (χ3v) is 6.82. The molecule has 0 bridgehead atoms. The number of aliphatic hydroxyl groups excluding tert-OH is 8. The zero-order valence-corrected chi connectivity index (χ0v) is 22.7. The normalized spacial score (nSPS) is 24.7. The molecule has 10 N–H and O–H groups in total. The van der Waals surface area contributed by atoms with Crippen molar-refractivity contribution in [3.63, 3.8) is 0 Å². The van der Waals surface area contributed by atoms with Crippen LogP contribution in [0.1, 0.15) is 0 Å². The molecule has 44 heavy (non-hydrogen) atoms. The van der Waals surface area contributed by atoms with Crippen LogP contribution in [-0.2, 0) is 9.53 Å². The van der Waals surface area contributed by atoms with Gasteiger partial charge in [0, 0.05) is 17.7 Å². The van der Waals surface area contributed by atoms with Gasteiger partial charge in [-0.3, -0.25) is 4.79 Å². The highest BCUT2D eigenvalue weighted by atomic mass is 16.7. The number of rotatable bonds is 11. The summed E-state index contributed by atoms with van der Waals surface area (Å²) in [5.74, 6) is -2.75. The van der Waals surface area contributed by atoms with E-state index in [0.29, 0.717) is 0 Å². The predicted molar refractivity (Wildman–Crippen MR) is 143 cm³/mol. The highest BCUT2D eigenvalue weighted by Gasteiger charge is 2.45. The quantitative estimate of drug-likeness (QED) is 0.0751. The van der Waals surface area contributed by atoms with Crippen LogP contribution >= 0.6 is 0 Å². The number of hydrogen-bond acceptors (Lipinski definition) is 17. The van der Waals surface area contributed by atoms with Crippen molar-refractivity contribution in [1.29, 1.82) is 0 Å². The minimum atomic E-state index is -2.25. The number of aromatic hydroxyl groups is 2. The van der Waals surface area contributed by atoms with Crippen molar-refractivity contribution < 1.29 is 79.2 Å². The minimum Gasteiger partial charge on any atom is -0.507 e. The molecule has 0 spiro atoms. The Kier molecular flexibility index (Phi) is 9.94. The van der Waals surface area contributed by atoms with Crippen LogP contribution in [0.3, 0.4) is 0 Å². The Bertz CT molecular complexity index is 1540. The van der Waals surface area contributed by atoms with Crippen molar-refractivity contribution in [2.24, 2.45) is 0 Å². The first-order valence-corrected chi connectivity index (χ1v) is 12.8. The molecule has 1 aliphatic heterocycles. The van der Waals surface area contributed by atoms with Gasteiger partial charge in [0.15, 0.2) is 23.5 Å². The van der Waals surface area contributed by atoms with Crippen LogP contribution in [-0.4, -0.2) is 126 Å². The van der Waals surface area contributed by atoms with Crippen LogP contribution < -0.4 is 19.6 Å². The number of benzene rings is 2. The molecule has 1 aromatic heterocycles. The zero-order valence-electron chi connectivity index (χ0n) is 22.7. The minimum absolute atomic E-state index is 0.0193. The van der Waals surface area contributed by atoms with Gasteiger partial charge in [0.25, 0.3) is 0 Å². The first-order chi connectivity index (χ1) is 20.8. The molecular weight excluding hydrogens is 596 g/mol. The summed E-state index contributed by atoms with van der Waals surface area (Å²) in [5.41, 5.74) is -1.51. The van der Waals surface area contributed by atoms with Crippen LogP contribution in [0.25, 0.3) is 22.3 Å². The fourth-order valence-corrected chi connectivity index (χ4v) is 4.40. The molecule has 0 radical (unpaired) electrons. The molecule has 4 rings (SSSR count). The van der Waals surface area contributed by atoms with E-state index in [2.05, 4.69) is 0 Å². The first-order valence-electron chi connectivity index (χ1n) is 12.8. The highest BCUT2D eigenvalue weighted by Crippen LogP contribution is 2.40. The van der Waals surface area contributed by atoms with Crippen molar-refractivity contribution in [3.8, 4) is 40.1 Å². The summed E-state index contributed by atoms with van der Waals surface area (Å²) >= 11 is 0. The number of phenols is 2. The Morgan fingerprint density at radius 2 is 1.66 bits per heavy atom. The number of aldehydes is 1. The van der Waals surface area contributed by atoms with Gasteiger partial charge in [-0.25, -0.2) is 0 Å². The summed E-state index contributed by atoms with van der Waals surface area (Å²) < 4.78 is 26.9. The number of fused-ring (bicyclic) bond motifs is 1. The van der Waals surface area contributed by atoms with Gasteiger partial charge in [-0.05, 0) is 18.2 Å². The highest BCUT2D eigenvalue weighted by molar-refractivity contribution is 5.88. The summed E-state index contributed by atoms with van der Waals surface area (Å²) in [6.45, 7) is -0.800. The second-order valence-corrected chi connectivity index (χ2v) is 9.72. The zero-order chi connectivity index (χ0) is 32.5. The fraction of sp³-hybridized carbons (Fsp3) is 0.407. The van der Waals surface area contributed by atoms with E-state index in [1.54, 1.807) is 0 Å². The van der Waals surface area contributed by atoms with Gasteiger partial charge in [0.2, 0.25) is 23.8 Å². The third-order valence-electron chi connectivity index (χ3n) is 6.82. The molecule has 1 saturated heterocycles. The number of aliphatic hydroxyl groups is 8. The van der Waals surface area contributed by atoms with Gasteiger partial charge in [0.1, 0.15) is 65.2 Å².